The van der Waals surface area contributed by atoms with Crippen LogP contribution in [0, 0.1) is 23.2 Å². The number of rotatable bonds is 3. The Labute approximate surface area is 108 Å². The molecule has 2 saturated carbocycles. The normalized spacial score (nSPS) is 45.2. The molecule has 1 aliphatic heterocycles. The van der Waals surface area contributed by atoms with Crippen LogP contribution in [0.1, 0.15) is 39.5 Å². The van der Waals surface area contributed by atoms with Crippen LogP contribution in [0.15, 0.2) is 12.2 Å². The van der Waals surface area contributed by atoms with Gasteiger partial charge in [0.1, 0.15) is 11.9 Å². The van der Waals surface area contributed by atoms with Crippen LogP contribution in [0.2, 0.25) is 0 Å². The molecule has 0 bridgehead atoms. The highest BCUT2D eigenvalue weighted by Crippen LogP contribution is 2.70. The van der Waals surface area contributed by atoms with Crippen molar-refractivity contribution in [3.63, 3.8) is 0 Å². The van der Waals surface area contributed by atoms with Crippen LogP contribution in [0.4, 0.5) is 0 Å². The lowest BCUT2D eigenvalue weighted by molar-refractivity contribution is -0.140. The third-order valence-corrected chi connectivity index (χ3v) is 5.44. The van der Waals surface area contributed by atoms with Crippen molar-refractivity contribution in [3.05, 3.63) is 12.2 Å². The van der Waals surface area contributed by atoms with Crippen molar-refractivity contribution in [1.82, 2.24) is 0 Å². The first-order valence-corrected chi connectivity index (χ1v) is 6.82. The highest BCUT2D eigenvalue weighted by Gasteiger charge is 2.66. The molecular weight excluding hydrogens is 228 g/mol. The summed E-state index contributed by atoms with van der Waals surface area (Å²) in [5.74, 6) is 1.61. The third kappa shape index (κ3) is 1.56. The van der Waals surface area contributed by atoms with Crippen LogP contribution in [0.5, 0.6) is 0 Å². The van der Waals surface area contributed by atoms with Gasteiger partial charge >= 0.3 is 5.97 Å². The van der Waals surface area contributed by atoms with Gasteiger partial charge in [0.25, 0.3) is 0 Å². The summed E-state index contributed by atoms with van der Waals surface area (Å²) in [6.07, 6.45) is 3.71. The van der Waals surface area contributed by atoms with Crippen molar-refractivity contribution in [3.8, 4) is 0 Å². The second-order valence-electron chi connectivity index (χ2n) is 6.47. The van der Waals surface area contributed by atoms with Gasteiger partial charge in [0.05, 0.1) is 0 Å². The minimum absolute atomic E-state index is 0.0496. The summed E-state index contributed by atoms with van der Waals surface area (Å²) in [6, 6.07) is 0. The lowest BCUT2D eigenvalue weighted by atomic mass is 9.79. The Morgan fingerprint density at radius 3 is 2.94 bits per heavy atom. The zero-order valence-corrected chi connectivity index (χ0v) is 11.1. The van der Waals surface area contributed by atoms with Gasteiger partial charge in [0.15, 0.2) is 0 Å². The molecule has 0 aromatic heterocycles. The molecule has 0 radical (unpaired) electrons. The fourth-order valence-corrected chi connectivity index (χ4v) is 4.25. The van der Waals surface area contributed by atoms with Gasteiger partial charge in [-0.1, -0.05) is 13.5 Å². The van der Waals surface area contributed by atoms with E-state index in [9.17, 15) is 9.59 Å². The molecule has 5 atom stereocenters. The highest BCUT2D eigenvalue weighted by molar-refractivity contribution is 5.90. The van der Waals surface area contributed by atoms with Crippen LogP contribution >= 0.6 is 0 Å². The molecule has 0 aromatic carbocycles. The fourth-order valence-electron chi connectivity index (χ4n) is 4.25. The summed E-state index contributed by atoms with van der Waals surface area (Å²) in [5, 5.41) is 0. The second-order valence-corrected chi connectivity index (χ2v) is 6.47. The van der Waals surface area contributed by atoms with Gasteiger partial charge < -0.3 is 9.53 Å². The first kappa shape index (κ1) is 11.9. The summed E-state index contributed by atoms with van der Waals surface area (Å²) in [4.78, 5) is 22.6. The van der Waals surface area contributed by atoms with E-state index in [1.54, 1.807) is 6.92 Å². The number of hydrogen-bond donors (Lipinski definition) is 0. The van der Waals surface area contributed by atoms with Crippen molar-refractivity contribution in [2.45, 2.75) is 45.6 Å². The maximum atomic E-state index is 11.5. The first-order valence-electron chi connectivity index (χ1n) is 6.82. The van der Waals surface area contributed by atoms with E-state index in [2.05, 4.69) is 13.5 Å². The van der Waals surface area contributed by atoms with Crippen LogP contribution in [-0.2, 0) is 14.3 Å². The smallest absolute Gasteiger partial charge is 0.334 e. The summed E-state index contributed by atoms with van der Waals surface area (Å²) in [5.41, 5.74) is 0.959. The lowest BCUT2D eigenvalue weighted by Gasteiger charge is -2.27. The van der Waals surface area contributed by atoms with Gasteiger partial charge in [0, 0.05) is 17.9 Å². The van der Waals surface area contributed by atoms with Gasteiger partial charge in [0.2, 0.25) is 0 Å². The van der Waals surface area contributed by atoms with E-state index in [1.807, 2.05) is 0 Å². The molecule has 3 heteroatoms. The van der Waals surface area contributed by atoms with E-state index >= 15 is 0 Å². The number of esters is 1. The van der Waals surface area contributed by atoms with Crippen LogP contribution < -0.4 is 0 Å². The number of Topliss-reactive ketones (excluding diaryl/α,β-unsaturated/α-hetero) is 1. The standard InChI is InChI=1S/C15H20O3/c1-8(16)4-5-11-12-6-10-9(2)14(17)18-13(10)7-15(11,12)3/h10-13H,2,4-7H2,1,3H3/t10-,11-,12-,13+,15+/m0/s1. The minimum Gasteiger partial charge on any atom is -0.458 e. The molecular formula is C15H20O3. The molecule has 0 aromatic rings. The zero-order chi connectivity index (χ0) is 13.1. The SMILES string of the molecule is C=C1C(=O)O[C@@H]2C[C@]3(C)[C@@H](CCC(C)=O)[C@@H]3C[C@@H]12. The largest absolute Gasteiger partial charge is 0.458 e. The predicted molar refractivity (Wildman–Crippen MR) is 66.7 cm³/mol. The van der Waals surface area contributed by atoms with Crippen LogP contribution in [-0.4, -0.2) is 17.9 Å². The molecule has 3 aliphatic rings. The lowest BCUT2D eigenvalue weighted by Crippen LogP contribution is -2.26. The molecule has 0 N–H and O–H groups in total. The van der Waals surface area contributed by atoms with Crippen LogP contribution in [0.3, 0.4) is 0 Å². The fraction of sp³-hybridized carbons (Fsp3) is 0.733. The maximum Gasteiger partial charge on any atom is 0.334 e. The van der Waals surface area contributed by atoms with E-state index in [1.165, 1.54) is 0 Å². The van der Waals surface area contributed by atoms with Gasteiger partial charge in [-0.2, -0.15) is 0 Å². The number of carbonyl (C=O) groups excluding carboxylic acids is 2. The molecule has 98 valence electrons. The Hall–Kier alpha value is -1.12. The molecule has 0 amide bonds. The summed E-state index contributed by atoms with van der Waals surface area (Å²) < 4.78 is 5.41. The Balaban J connectivity index is 1.69. The van der Waals surface area contributed by atoms with Crippen molar-refractivity contribution < 1.29 is 14.3 Å². The monoisotopic (exact) mass is 248 g/mol. The first-order chi connectivity index (χ1) is 8.43. The molecule has 0 spiro atoms. The van der Waals surface area contributed by atoms with Gasteiger partial charge in [-0.05, 0) is 43.4 Å². The topological polar surface area (TPSA) is 43.4 Å². The summed E-state index contributed by atoms with van der Waals surface area (Å²) in [7, 11) is 0. The number of ketones is 1. The molecule has 18 heavy (non-hydrogen) atoms. The Kier molecular flexibility index (Phi) is 2.45. The number of ether oxygens (including phenoxy) is 1. The average molecular weight is 248 g/mol. The van der Waals surface area contributed by atoms with Gasteiger partial charge in [-0.3, -0.25) is 0 Å². The minimum atomic E-state index is -0.199. The van der Waals surface area contributed by atoms with Crippen molar-refractivity contribution in [1.29, 1.82) is 0 Å². The van der Waals surface area contributed by atoms with Gasteiger partial charge in [-0.25, -0.2) is 4.79 Å². The molecule has 2 aliphatic carbocycles. The van der Waals surface area contributed by atoms with Crippen molar-refractivity contribution in [2.75, 3.05) is 0 Å². The van der Waals surface area contributed by atoms with Crippen molar-refractivity contribution in [2.24, 2.45) is 23.2 Å². The Morgan fingerprint density at radius 1 is 1.56 bits per heavy atom. The molecule has 3 fully saturated rings. The van der Waals surface area contributed by atoms with E-state index in [4.69, 9.17) is 4.74 Å². The van der Waals surface area contributed by atoms with E-state index in [0.717, 1.165) is 19.3 Å². The Bertz CT molecular complexity index is 439. The third-order valence-electron chi connectivity index (χ3n) is 5.44. The summed E-state index contributed by atoms with van der Waals surface area (Å²) in [6.45, 7) is 7.81. The zero-order valence-electron chi connectivity index (χ0n) is 11.1. The second kappa shape index (κ2) is 3.69. The van der Waals surface area contributed by atoms with Gasteiger partial charge in [-0.15, -0.1) is 0 Å². The predicted octanol–water partition coefficient (Wildman–Crippen LogP) is 2.50. The maximum absolute atomic E-state index is 11.5. The average Bonchev–Trinajstić information content (AvgIpc) is 2.77. The van der Waals surface area contributed by atoms with Crippen LogP contribution in [0.25, 0.3) is 0 Å². The van der Waals surface area contributed by atoms with E-state index in [-0.39, 0.29) is 23.8 Å². The summed E-state index contributed by atoms with van der Waals surface area (Å²) >= 11 is 0. The number of fused-ring (bicyclic) bond motifs is 2. The van der Waals surface area contributed by atoms with E-state index in [0.29, 0.717) is 29.2 Å². The number of hydrogen-bond acceptors (Lipinski definition) is 3. The number of carbonyl (C=O) groups is 2. The van der Waals surface area contributed by atoms with Crippen molar-refractivity contribution >= 4 is 11.8 Å². The highest BCUT2D eigenvalue weighted by atomic mass is 16.6. The molecule has 1 saturated heterocycles. The molecule has 3 rings (SSSR count). The molecule has 0 unspecified atom stereocenters. The molecule has 1 heterocycles. The Morgan fingerprint density at radius 2 is 2.28 bits per heavy atom. The van der Waals surface area contributed by atoms with E-state index < -0.39 is 0 Å². The quantitative estimate of drug-likeness (QED) is 0.569. The molecule has 3 nitrogen and oxygen atoms in total.